The summed E-state index contributed by atoms with van der Waals surface area (Å²) < 4.78 is 33.4. The van der Waals surface area contributed by atoms with Gasteiger partial charge in [-0.3, -0.25) is 9.32 Å². The minimum Gasteiger partial charge on any atom is -0.461 e. The molecule has 3 aliphatic carbocycles. The molecular formula is C29H38N7O5P. The molecule has 2 aromatic heterocycles. The zero-order valence-corrected chi connectivity index (χ0v) is 24.6. The first kappa shape index (κ1) is 28.6. The highest BCUT2D eigenvalue weighted by Crippen LogP contribution is 2.46. The molecule has 224 valence electrons. The van der Waals surface area contributed by atoms with Gasteiger partial charge in [0.1, 0.15) is 17.9 Å². The molecule has 3 aromatic rings. The second kappa shape index (κ2) is 12.4. The van der Waals surface area contributed by atoms with Gasteiger partial charge in [0.05, 0.1) is 19.0 Å². The lowest BCUT2D eigenvalue weighted by molar-refractivity contribution is -0.152. The summed E-state index contributed by atoms with van der Waals surface area (Å²) in [5.74, 6) is 0.692. The lowest BCUT2D eigenvalue weighted by Gasteiger charge is -2.26. The number of para-hydroxylation sites is 1. The van der Waals surface area contributed by atoms with Gasteiger partial charge in [-0.25, -0.2) is 9.55 Å². The van der Waals surface area contributed by atoms with Crippen molar-refractivity contribution in [3.8, 4) is 5.75 Å². The van der Waals surface area contributed by atoms with Crippen molar-refractivity contribution in [3.05, 3.63) is 48.8 Å². The van der Waals surface area contributed by atoms with E-state index in [2.05, 4.69) is 31.4 Å². The van der Waals surface area contributed by atoms with Crippen LogP contribution in [0.4, 0.5) is 11.8 Å². The summed E-state index contributed by atoms with van der Waals surface area (Å²) in [5, 5.41) is 6.20. The zero-order valence-electron chi connectivity index (χ0n) is 23.7. The third-order valence-electron chi connectivity index (χ3n) is 7.83. The molecule has 0 spiro atoms. The van der Waals surface area contributed by atoms with Crippen molar-refractivity contribution in [2.24, 2.45) is 5.92 Å². The van der Waals surface area contributed by atoms with E-state index < -0.39 is 19.8 Å². The highest BCUT2D eigenvalue weighted by Gasteiger charge is 2.35. The van der Waals surface area contributed by atoms with Crippen LogP contribution in [0.1, 0.15) is 64.3 Å². The number of carbonyl (C=O) groups is 1. The van der Waals surface area contributed by atoms with Crippen molar-refractivity contribution in [1.29, 1.82) is 0 Å². The molecule has 1 unspecified atom stereocenters. The minimum atomic E-state index is -3.95. The first-order valence-electron chi connectivity index (χ1n) is 14.8. The number of hydrogen-bond acceptors (Lipinski definition) is 10. The van der Waals surface area contributed by atoms with Gasteiger partial charge in [0.25, 0.3) is 0 Å². The van der Waals surface area contributed by atoms with Gasteiger partial charge in [0.15, 0.2) is 17.0 Å². The van der Waals surface area contributed by atoms with Crippen LogP contribution in [-0.2, 0) is 18.6 Å². The fraction of sp³-hybridized carbons (Fsp3) is 0.517. The maximum Gasteiger partial charge on any atom is 0.459 e. The molecule has 1 aromatic carbocycles. The highest BCUT2D eigenvalue weighted by molar-refractivity contribution is 7.52. The minimum absolute atomic E-state index is 0.0431. The standard InChI is InChI=1S/C29H38N7O5P/c1-19(28(37)40-23-8-4-2-5-9-23)35-42(38,41-24-10-6-3-7-11-24)39-17-20-12-15-22(16-20)36-18-31-25-26(32-21-13-14-21)33-29(30)34-27(25)36/h3,6-7,10-12,15,18-23H,2,4-5,8-9,13-14,16-17H2,1H3,(H,35,38)(H3,30,32,33,34)/t19-,20+,22-,42?/m0/s1. The number of esters is 1. The molecular weight excluding hydrogens is 557 g/mol. The molecule has 3 aliphatic rings. The maximum absolute atomic E-state index is 14.0. The molecule has 4 N–H and O–H groups in total. The summed E-state index contributed by atoms with van der Waals surface area (Å²) in [6, 6.07) is 8.26. The summed E-state index contributed by atoms with van der Waals surface area (Å²) in [6.45, 7) is 1.73. The van der Waals surface area contributed by atoms with E-state index >= 15 is 0 Å². The number of carbonyl (C=O) groups excluding carboxylic acids is 1. The van der Waals surface area contributed by atoms with Gasteiger partial charge in [0.2, 0.25) is 5.95 Å². The summed E-state index contributed by atoms with van der Waals surface area (Å²) in [5.41, 5.74) is 7.36. The Bertz CT molecular complexity index is 1470. The third-order valence-corrected chi connectivity index (χ3v) is 9.48. The third kappa shape index (κ3) is 6.94. The number of ether oxygens (including phenoxy) is 1. The van der Waals surface area contributed by atoms with Gasteiger partial charge in [-0.15, -0.1) is 0 Å². The van der Waals surface area contributed by atoms with Crippen molar-refractivity contribution < 1.29 is 23.1 Å². The molecule has 0 aliphatic heterocycles. The Balaban J connectivity index is 1.11. The van der Waals surface area contributed by atoms with E-state index in [0.29, 0.717) is 35.2 Å². The maximum atomic E-state index is 14.0. The number of aromatic nitrogens is 4. The predicted molar refractivity (Wildman–Crippen MR) is 159 cm³/mol. The number of imidazole rings is 1. The topological polar surface area (TPSA) is 156 Å². The monoisotopic (exact) mass is 595 g/mol. The predicted octanol–water partition coefficient (Wildman–Crippen LogP) is 5.16. The lowest BCUT2D eigenvalue weighted by Crippen LogP contribution is -2.37. The Labute approximate surface area is 245 Å². The first-order valence-corrected chi connectivity index (χ1v) is 16.3. The Morgan fingerprint density at radius 3 is 2.67 bits per heavy atom. The highest BCUT2D eigenvalue weighted by atomic mass is 31.2. The number of anilines is 2. The molecule has 2 fully saturated rings. The Morgan fingerprint density at radius 1 is 1.12 bits per heavy atom. The molecule has 4 atom stereocenters. The van der Waals surface area contributed by atoms with E-state index in [1.807, 2.05) is 16.7 Å². The number of nitrogens with two attached hydrogens (primary N) is 1. The Hall–Kier alpha value is -3.47. The average molecular weight is 596 g/mol. The molecule has 13 heteroatoms. The van der Waals surface area contributed by atoms with Crippen LogP contribution < -0.4 is 20.7 Å². The van der Waals surface area contributed by atoms with Gasteiger partial charge in [-0.1, -0.05) is 36.8 Å². The normalized spacial score (nSPS) is 23.0. The summed E-state index contributed by atoms with van der Waals surface area (Å²) in [7, 11) is -3.95. The van der Waals surface area contributed by atoms with Crippen molar-refractivity contribution in [3.63, 3.8) is 0 Å². The average Bonchev–Trinajstić information content (AvgIpc) is 3.49. The summed E-state index contributed by atoms with van der Waals surface area (Å²) >= 11 is 0. The lowest BCUT2D eigenvalue weighted by atomic mass is 9.98. The molecule has 0 radical (unpaired) electrons. The number of nitrogens with zero attached hydrogens (tertiary/aromatic N) is 4. The van der Waals surface area contributed by atoms with Crippen molar-refractivity contribution in [2.45, 2.75) is 82.5 Å². The molecule has 0 amide bonds. The Morgan fingerprint density at radius 2 is 1.90 bits per heavy atom. The van der Waals surface area contributed by atoms with Crippen LogP contribution in [0.2, 0.25) is 0 Å². The van der Waals surface area contributed by atoms with Crippen LogP contribution in [0.5, 0.6) is 5.75 Å². The van der Waals surface area contributed by atoms with Crippen LogP contribution in [0.3, 0.4) is 0 Å². The fourth-order valence-electron chi connectivity index (χ4n) is 5.42. The zero-order chi connectivity index (χ0) is 29.1. The second-order valence-electron chi connectivity index (χ2n) is 11.4. The quantitative estimate of drug-likeness (QED) is 0.144. The van der Waals surface area contributed by atoms with Crippen molar-refractivity contribution in [1.82, 2.24) is 24.6 Å². The number of nitrogen functional groups attached to an aromatic ring is 1. The van der Waals surface area contributed by atoms with Crippen LogP contribution in [-0.4, -0.2) is 50.3 Å². The van der Waals surface area contributed by atoms with Crippen LogP contribution in [0.25, 0.3) is 11.2 Å². The number of nitrogens with one attached hydrogen (secondary N) is 2. The van der Waals surface area contributed by atoms with Crippen molar-refractivity contribution >= 4 is 36.6 Å². The van der Waals surface area contributed by atoms with Gasteiger partial charge in [0, 0.05) is 12.0 Å². The summed E-state index contributed by atoms with van der Waals surface area (Å²) in [4.78, 5) is 26.2. The van der Waals surface area contributed by atoms with E-state index in [4.69, 9.17) is 19.5 Å². The molecule has 6 rings (SSSR count). The van der Waals surface area contributed by atoms with E-state index in [0.717, 1.165) is 44.9 Å². The van der Waals surface area contributed by atoms with Gasteiger partial charge in [-0.2, -0.15) is 15.1 Å². The number of benzene rings is 1. The van der Waals surface area contributed by atoms with Gasteiger partial charge >= 0.3 is 13.7 Å². The van der Waals surface area contributed by atoms with E-state index in [-0.39, 0.29) is 30.6 Å². The number of hydrogen-bond donors (Lipinski definition) is 3. The van der Waals surface area contributed by atoms with Crippen LogP contribution >= 0.6 is 7.75 Å². The molecule has 0 bridgehead atoms. The number of allylic oxidation sites excluding steroid dienone is 1. The van der Waals surface area contributed by atoms with Gasteiger partial charge < -0.3 is 24.9 Å². The largest absolute Gasteiger partial charge is 0.461 e. The molecule has 2 saturated carbocycles. The second-order valence-corrected chi connectivity index (χ2v) is 13.1. The molecule has 42 heavy (non-hydrogen) atoms. The van der Waals surface area contributed by atoms with Crippen molar-refractivity contribution in [2.75, 3.05) is 17.7 Å². The summed E-state index contributed by atoms with van der Waals surface area (Å²) in [6.07, 6.45) is 13.6. The van der Waals surface area contributed by atoms with E-state index in [9.17, 15) is 9.36 Å². The first-order chi connectivity index (χ1) is 20.3. The molecule has 0 saturated heterocycles. The Kier molecular flexibility index (Phi) is 8.46. The van der Waals surface area contributed by atoms with Crippen LogP contribution in [0.15, 0.2) is 48.8 Å². The fourth-order valence-corrected chi connectivity index (χ4v) is 6.97. The van der Waals surface area contributed by atoms with E-state index in [1.165, 1.54) is 0 Å². The van der Waals surface area contributed by atoms with Crippen LogP contribution in [0, 0.1) is 5.92 Å². The smallest absolute Gasteiger partial charge is 0.459 e. The molecule has 2 heterocycles. The SMILES string of the molecule is C[C@H](NP(=O)(OC[C@@H]1C=C[C@H](n2cnc3c(NC4CC4)nc(N)nc32)C1)Oc1ccccc1)C(=O)OC1CCCCC1. The van der Waals surface area contributed by atoms with Gasteiger partial charge in [-0.05, 0) is 64.0 Å². The number of rotatable bonds is 12. The molecule has 12 nitrogen and oxygen atoms in total. The van der Waals surface area contributed by atoms with E-state index in [1.54, 1.807) is 37.5 Å². The number of fused-ring (bicyclic) bond motifs is 1.